The summed E-state index contributed by atoms with van der Waals surface area (Å²) in [5.41, 5.74) is 3.81. The number of halogens is 3. The van der Waals surface area contributed by atoms with Crippen molar-refractivity contribution < 1.29 is 12.3 Å². The van der Waals surface area contributed by atoms with Crippen molar-refractivity contribution in [2.75, 3.05) is 0 Å². The molecule has 1 atom stereocenters. The third-order valence-electron chi connectivity index (χ3n) is 5.11. The number of aromatic nitrogens is 6. The van der Waals surface area contributed by atoms with Crippen LogP contribution in [0.3, 0.4) is 0 Å². The first-order valence-electron chi connectivity index (χ1n) is 12.1. The van der Waals surface area contributed by atoms with E-state index >= 15 is 0 Å². The van der Waals surface area contributed by atoms with E-state index in [9.17, 15) is 0 Å². The van der Waals surface area contributed by atoms with Crippen LogP contribution in [0.25, 0.3) is 0 Å². The van der Waals surface area contributed by atoms with Crippen LogP contribution in [0.5, 0.6) is 0 Å². The van der Waals surface area contributed by atoms with Gasteiger partial charge in [-0.15, -0.1) is 37.2 Å². The van der Waals surface area contributed by atoms with Crippen LogP contribution in [-0.4, -0.2) is 28.7 Å². The first-order valence-corrected chi connectivity index (χ1v) is 17.9. The van der Waals surface area contributed by atoms with Gasteiger partial charge in [0.25, 0.3) is 0 Å². The molecule has 0 spiro atoms. The van der Waals surface area contributed by atoms with E-state index in [1.54, 1.807) is 18.6 Å². The largest absolute Gasteiger partial charge is 0.450 e. The van der Waals surface area contributed by atoms with Crippen molar-refractivity contribution in [3.63, 3.8) is 0 Å². The topological polar surface area (TPSA) is 53.5 Å². The van der Waals surface area contributed by atoms with Crippen molar-refractivity contribution in [2.45, 2.75) is 19.6 Å². The minimum atomic E-state index is -1.77. The smallest absolute Gasteiger partial charge is 0.0247 e. The summed E-state index contributed by atoms with van der Waals surface area (Å²) in [7, 11) is 14.9. The van der Waals surface area contributed by atoms with Gasteiger partial charge in [-0.25, -0.2) is 0 Å². The van der Waals surface area contributed by atoms with Gasteiger partial charge in [-0.2, -0.15) is 9.90 Å². The summed E-state index contributed by atoms with van der Waals surface area (Å²) in [6.07, 6.45) is 19.5. The van der Waals surface area contributed by atoms with Crippen molar-refractivity contribution in [3.05, 3.63) is 164 Å². The van der Waals surface area contributed by atoms with Crippen LogP contribution in [0, 0.1) is 19.0 Å². The van der Waals surface area contributed by atoms with Gasteiger partial charge in [0, 0.05) is 38.6 Å². The maximum Gasteiger partial charge on any atom is 0.0247 e. The molecule has 6 nitrogen and oxygen atoms in total. The van der Waals surface area contributed by atoms with Crippen molar-refractivity contribution in [1.29, 1.82) is 0 Å². The van der Waals surface area contributed by atoms with Gasteiger partial charge in [0.15, 0.2) is 0 Å². The second kappa shape index (κ2) is 21.0. The zero-order valence-electron chi connectivity index (χ0n) is 22.2. The molecular formula is C30H30Cl3N6PV-3. The Morgan fingerprint density at radius 2 is 0.732 bits per heavy atom. The Morgan fingerprint density at radius 1 is 0.488 bits per heavy atom. The molecule has 41 heavy (non-hydrogen) atoms. The van der Waals surface area contributed by atoms with Crippen LogP contribution in [0.1, 0.15) is 16.7 Å². The summed E-state index contributed by atoms with van der Waals surface area (Å²) in [6, 6.07) is 30.8. The molecule has 0 saturated carbocycles. The molecule has 3 aromatic carbocycles. The number of nitrogens with zero attached hydrogens (tertiary/aromatic N) is 6. The van der Waals surface area contributed by atoms with Crippen molar-refractivity contribution >= 4 is 39.4 Å². The Balaban J connectivity index is 0.000000200. The van der Waals surface area contributed by atoms with Gasteiger partial charge in [0.2, 0.25) is 0 Å². The summed E-state index contributed by atoms with van der Waals surface area (Å²) in [4.78, 5) is 11.6. The van der Waals surface area contributed by atoms with E-state index in [4.69, 9.17) is 29.5 Å². The average molecular weight is 663 g/mol. The van der Waals surface area contributed by atoms with Gasteiger partial charge in [-0.1, -0.05) is 91.0 Å². The molecule has 0 fully saturated rings. The standard InChI is InChI=1S/3C10H9N2.3ClH.H3P.V/c3*1-2-4-10(5-3-1)8-12-7-6-11-9-12;;;;;/h3*1-7H,8H2;3*1H;1H3;/q3*-1;;;;;+3/p-3. The van der Waals surface area contributed by atoms with E-state index in [0.29, 0.717) is 0 Å². The predicted molar refractivity (Wildman–Crippen MR) is 168 cm³/mol. The van der Waals surface area contributed by atoms with Crippen LogP contribution in [0.15, 0.2) is 128 Å². The van der Waals surface area contributed by atoms with Crippen molar-refractivity contribution in [1.82, 2.24) is 28.7 Å². The van der Waals surface area contributed by atoms with Gasteiger partial charge in [0.05, 0.1) is 0 Å². The van der Waals surface area contributed by atoms with Crippen LogP contribution < -0.4 is 0 Å². The molecule has 214 valence electrons. The first-order chi connectivity index (χ1) is 19.6. The van der Waals surface area contributed by atoms with Crippen molar-refractivity contribution in [2.24, 2.45) is 0 Å². The molecule has 0 saturated heterocycles. The van der Waals surface area contributed by atoms with Gasteiger partial charge < -0.3 is 28.7 Å². The number of rotatable bonds is 6. The summed E-state index contributed by atoms with van der Waals surface area (Å²) in [5, 5.41) is 0. The van der Waals surface area contributed by atoms with Gasteiger partial charge >= 0.3 is 41.8 Å². The third-order valence-corrected chi connectivity index (χ3v) is 5.11. The van der Waals surface area contributed by atoms with Crippen LogP contribution in [-0.2, 0) is 31.9 Å². The second-order valence-electron chi connectivity index (χ2n) is 8.11. The summed E-state index contributed by atoms with van der Waals surface area (Å²) in [6.45, 7) is 2.54. The van der Waals surface area contributed by atoms with E-state index in [1.165, 1.54) is 16.7 Å². The van der Waals surface area contributed by atoms with E-state index < -0.39 is 12.3 Å². The molecule has 1 unspecified atom stereocenters. The minimum absolute atomic E-state index is 0. The Bertz CT molecular complexity index is 1220. The molecular weight excluding hydrogens is 633 g/mol. The molecule has 0 aliphatic carbocycles. The Kier molecular flexibility index (Phi) is 17.6. The zero-order chi connectivity index (χ0) is 28.3. The zero-order valence-corrected chi connectivity index (χ0v) is 27.3. The molecule has 3 aromatic heterocycles. The quantitative estimate of drug-likeness (QED) is 0.139. The minimum Gasteiger partial charge on any atom is -0.450 e. The van der Waals surface area contributed by atoms with Gasteiger partial charge in [-0.05, 0) is 16.7 Å². The maximum absolute atomic E-state index is 4.95. The second-order valence-corrected chi connectivity index (χ2v) is 15.0. The van der Waals surface area contributed by atoms with E-state index in [-0.39, 0.29) is 9.90 Å². The first kappa shape index (κ1) is 34.4. The monoisotopic (exact) mass is 661 g/mol. The molecule has 11 heteroatoms. The fraction of sp³-hybridized carbons (Fsp3) is 0.100. The van der Waals surface area contributed by atoms with Crippen LogP contribution in [0.2, 0.25) is 0 Å². The molecule has 6 rings (SSSR count). The molecule has 0 aliphatic heterocycles. The van der Waals surface area contributed by atoms with Gasteiger partial charge in [-0.3, -0.25) is 0 Å². The van der Waals surface area contributed by atoms with E-state index in [0.717, 1.165) is 19.6 Å². The van der Waals surface area contributed by atoms with E-state index in [1.807, 2.05) is 86.9 Å². The number of hydrogen-bond acceptors (Lipinski definition) is 3. The Labute approximate surface area is 262 Å². The maximum atomic E-state index is 4.95. The fourth-order valence-electron chi connectivity index (χ4n) is 3.37. The Hall–Kier alpha value is -2.83. The Morgan fingerprint density at radius 3 is 0.927 bits per heavy atom. The number of benzene rings is 3. The predicted octanol–water partition coefficient (Wildman–Crippen LogP) is 7.32. The third kappa shape index (κ3) is 15.7. The van der Waals surface area contributed by atoms with E-state index in [2.05, 4.69) is 70.3 Å². The van der Waals surface area contributed by atoms with Crippen LogP contribution in [0.4, 0.5) is 0 Å². The SMILES string of the molecule is P.[Cl][V]([Cl])[Cl].[c-]1nccn1Cc1ccccc1.[c-]1nccn1Cc1ccccc1.[c-]1nccn1Cc1ccccc1. The number of imidazole rings is 3. The number of hydrogen-bond donors (Lipinski definition) is 0. The molecule has 0 aliphatic rings. The van der Waals surface area contributed by atoms with Crippen LogP contribution >= 0.6 is 39.4 Å². The molecule has 3 heterocycles. The normalized spacial score (nSPS) is 9.66. The summed E-state index contributed by atoms with van der Waals surface area (Å²) < 4.78 is 5.78. The molecule has 0 bridgehead atoms. The molecule has 0 radical (unpaired) electrons. The van der Waals surface area contributed by atoms with Crippen molar-refractivity contribution in [3.8, 4) is 0 Å². The van der Waals surface area contributed by atoms with Gasteiger partial charge in [0.1, 0.15) is 0 Å². The summed E-state index contributed by atoms with van der Waals surface area (Å²) in [5.74, 6) is 0. The average Bonchev–Trinajstić information content (AvgIpc) is 3.77. The molecule has 0 N–H and O–H groups in total. The fourth-order valence-corrected chi connectivity index (χ4v) is 3.37. The molecule has 0 amide bonds. The molecule has 6 aromatic rings. The summed E-state index contributed by atoms with van der Waals surface area (Å²) >= 11 is -1.77.